The number of halogens is 1. The SMILES string of the molecule is Clc1cnc(NC2CCCCC2)nc1. The van der Waals surface area contributed by atoms with Crippen LogP contribution in [0.5, 0.6) is 0 Å². The van der Waals surface area contributed by atoms with E-state index >= 15 is 0 Å². The second-order valence-corrected chi connectivity index (χ2v) is 4.14. The Bertz CT molecular complexity index is 280. The molecule has 1 aliphatic rings. The lowest BCUT2D eigenvalue weighted by Crippen LogP contribution is -2.23. The van der Waals surface area contributed by atoms with E-state index in [0.29, 0.717) is 17.0 Å². The number of rotatable bonds is 2. The summed E-state index contributed by atoms with van der Waals surface area (Å²) in [6, 6.07) is 0.546. The molecule has 0 unspecified atom stereocenters. The Kier molecular flexibility index (Phi) is 3.19. The summed E-state index contributed by atoms with van der Waals surface area (Å²) < 4.78 is 0. The van der Waals surface area contributed by atoms with Gasteiger partial charge in [0.05, 0.1) is 17.4 Å². The van der Waals surface area contributed by atoms with Crippen molar-refractivity contribution in [2.24, 2.45) is 0 Å². The molecule has 14 heavy (non-hydrogen) atoms. The van der Waals surface area contributed by atoms with Crippen molar-refractivity contribution in [1.82, 2.24) is 9.97 Å². The van der Waals surface area contributed by atoms with E-state index in [-0.39, 0.29) is 0 Å². The molecular weight excluding hydrogens is 198 g/mol. The van der Waals surface area contributed by atoms with Crippen LogP contribution < -0.4 is 5.32 Å². The van der Waals surface area contributed by atoms with Crippen LogP contribution in [0.4, 0.5) is 5.95 Å². The van der Waals surface area contributed by atoms with Crippen LogP contribution in [0.15, 0.2) is 12.4 Å². The van der Waals surface area contributed by atoms with Gasteiger partial charge in [-0.3, -0.25) is 0 Å². The highest BCUT2D eigenvalue weighted by Crippen LogP contribution is 2.20. The van der Waals surface area contributed by atoms with Crippen molar-refractivity contribution in [1.29, 1.82) is 0 Å². The fourth-order valence-corrected chi connectivity index (χ4v) is 1.91. The Morgan fingerprint density at radius 2 is 1.79 bits per heavy atom. The van der Waals surface area contributed by atoms with Gasteiger partial charge in [-0.15, -0.1) is 0 Å². The molecular formula is C10H14ClN3. The maximum absolute atomic E-state index is 5.70. The van der Waals surface area contributed by atoms with Crippen LogP contribution in [0, 0.1) is 0 Å². The molecule has 0 bridgehead atoms. The molecule has 0 saturated heterocycles. The van der Waals surface area contributed by atoms with Crippen molar-refractivity contribution in [2.75, 3.05) is 5.32 Å². The number of anilines is 1. The second kappa shape index (κ2) is 4.60. The predicted octanol–water partition coefficient (Wildman–Crippen LogP) is 2.87. The van der Waals surface area contributed by atoms with Crippen molar-refractivity contribution in [3.63, 3.8) is 0 Å². The summed E-state index contributed by atoms with van der Waals surface area (Å²) in [5.74, 6) is 0.696. The summed E-state index contributed by atoms with van der Waals surface area (Å²) >= 11 is 5.70. The van der Waals surface area contributed by atoms with E-state index in [0.717, 1.165) is 0 Å². The first-order chi connectivity index (χ1) is 6.84. The lowest BCUT2D eigenvalue weighted by Gasteiger charge is -2.22. The highest BCUT2D eigenvalue weighted by Gasteiger charge is 2.13. The number of nitrogens with zero attached hydrogens (tertiary/aromatic N) is 2. The van der Waals surface area contributed by atoms with E-state index < -0.39 is 0 Å². The van der Waals surface area contributed by atoms with Crippen molar-refractivity contribution in [3.05, 3.63) is 17.4 Å². The standard InChI is InChI=1S/C10H14ClN3/c11-8-6-12-10(13-7-8)14-9-4-2-1-3-5-9/h6-7,9H,1-5H2,(H,12,13,14). The molecule has 0 amide bonds. The Morgan fingerprint density at radius 1 is 1.14 bits per heavy atom. The summed E-state index contributed by atoms with van der Waals surface area (Å²) in [5.41, 5.74) is 0. The van der Waals surface area contributed by atoms with E-state index in [2.05, 4.69) is 15.3 Å². The Balaban J connectivity index is 1.92. The zero-order chi connectivity index (χ0) is 9.80. The molecule has 0 atom stereocenters. The second-order valence-electron chi connectivity index (χ2n) is 3.70. The van der Waals surface area contributed by atoms with Gasteiger partial charge in [0.25, 0.3) is 0 Å². The molecule has 3 nitrogen and oxygen atoms in total. The lowest BCUT2D eigenvalue weighted by atomic mass is 9.96. The van der Waals surface area contributed by atoms with Crippen LogP contribution in [-0.2, 0) is 0 Å². The summed E-state index contributed by atoms with van der Waals surface area (Å²) in [6.45, 7) is 0. The third-order valence-corrected chi connectivity index (χ3v) is 2.75. The Morgan fingerprint density at radius 3 is 2.43 bits per heavy atom. The number of aromatic nitrogens is 2. The van der Waals surface area contributed by atoms with E-state index in [1.54, 1.807) is 12.4 Å². The predicted molar refractivity (Wildman–Crippen MR) is 57.5 cm³/mol. The van der Waals surface area contributed by atoms with Gasteiger partial charge < -0.3 is 5.32 Å². The zero-order valence-electron chi connectivity index (χ0n) is 8.04. The smallest absolute Gasteiger partial charge is 0.222 e. The van der Waals surface area contributed by atoms with Crippen LogP contribution in [0.3, 0.4) is 0 Å². The lowest BCUT2D eigenvalue weighted by molar-refractivity contribution is 0.461. The summed E-state index contributed by atoms with van der Waals surface area (Å²) in [7, 11) is 0. The monoisotopic (exact) mass is 211 g/mol. The molecule has 1 aromatic heterocycles. The molecule has 2 rings (SSSR count). The van der Waals surface area contributed by atoms with Gasteiger partial charge in [-0.05, 0) is 12.8 Å². The maximum atomic E-state index is 5.70. The molecule has 1 N–H and O–H groups in total. The molecule has 0 aromatic carbocycles. The largest absolute Gasteiger partial charge is 0.351 e. The first-order valence-electron chi connectivity index (χ1n) is 5.09. The van der Waals surface area contributed by atoms with Gasteiger partial charge >= 0.3 is 0 Å². The fourth-order valence-electron chi connectivity index (χ4n) is 1.82. The van der Waals surface area contributed by atoms with Crippen molar-refractivity contribution in [3.8, 4) is 0 Å². The first-order valence-corrected chi connectivity index (χ1v) is 5.46. The van der Waals surface area contributed by atoms with Gasteiger partial charge in [0, 0.05) is 6.04 Å². The fraction of sp³-hybridized carbons (Fsp3) is 0.600. The number of hydrogen-bond donors (Lipinski definition) is 1. The topological polar surface area (TPSA) is 37.8 Å². The van der Waals surface area contributed by atoms with Gasteiger partial charge in [-0.2, -0.15) is 0 Å². The van der Waals surface area contributed by atoms with Gasteiger partial charge in [0.1, 0.15) is 0 Å². The van der Waals surface area contributed by atoms with Gasteiger partial charge in [-0.1, -0.05) is 30.9 Å². The summed E-state index contributed by atoms with van der Waals surface area (Å²) in [5, 5.41) is 3.91. The van der Waals surface area contributed by atoms with Crippen LogP contribution in [0.2, 0.25) is 5.02 Å². The highest BCUT2D eigenvalue weighted by atomic mass is 35.5. The molecule has 0 aliphatic heterocycles. The van der Waals surface area contributed by atoms with Crippen LogP contribution in [0.25, 0.3) is 0 Å². The van der Waals surface area contributed by atoms with Crippen molar-refractivity contribution >= 4 is 17.5 Å². The average Bonchev–Trinajstić information content (AvgIpc) is 2.23. The molecule has 1 aliphatic carbocycles. The van der Waals surface area contributed by atoms with Crippen molar-refractivity contribution in [2.45, 2.75) is 38.1 Å². The summed E-state index contributed by atoms with van der Waals surface area (Å²) in [4.78, 5) is 8.24. The van der Waals surface area contributed by atoms with Crippen LogP contribution in [-0.4, -0.2) is 16.0 Å². The Labute approximate surface area is 88.9 Å². The quantitative estimate of drug-likeness (QED) is 0.818. The minimum absolute atomic E-state index is 0.546. The van der Waals surface area contributed by atoms with Gasteiger partial charge in [0.15, 0.2) is 0 Å². The molecule has 1 aromatic rings. The maximum Gasteiger partial charge on any atom is 0.222 e. The normalized spacial score (nSPS) is 18.1. The third kappa shape index (κ3) is 2.58. The number of nitrogens with one attached hydrogen (secondary N) is 1. The molecule has 1 fully saturated rings. The van der Waals surface area contributed by atoms with Gasteiger partial charge in [-0.25, -0.2) is 9.97 Å². The third-order valence-electron chi connectivity index (χ3n) is 2.56. The van der Waals surface area contributed by atoms with Gasteiger partial charge in [0.2, 0.25) is 5.95 Å². The zero-order valence-corrected chi connectivity index (χ0v) is 8.80. The molecule has 1 saturated carbocycles. The molecule has 1 heterocycles. The first kappa shape index (κ1) is 9.71. The number of hydrogen-bond acceptors (Lipinski definition) is 3. The average molecular weight is 212 g/mol. The van der Waals surface area contributed by atoms with E-state index in [9.17, 15) is 0 Å². The molecule has 76 valence electrons. The Hall–Kier alpha value is -0.830. The van der Waals surface area contributed by atoms with Crippen LogP contribution >= 0.6 is 11.6 Å². The van der Waals surface area contributed by atoms with E-state index in [1.807, 2.05) is 0 Å². The minimum Gasteiger partial charge on any atom is -0.351 e. The molecule has 0 radical (unpaired) electrons. The minimum atomic E-state index is 0.546. The molecule has 0 spiro atoms. The van der Waals surface area contributed by atoms with Crippen molar-refractivity contribution < 1.29 is 0 Å². The molecule has 4 heteroatoms. The van der Waals surface area contributed by atoms with E-state index in [4.69, 9.17) is 11.6 Å². The van der Waals surface area contributed by atoms with E-state index in [1.165, 1.54) is 32.1 Å². The van der Waals surface area contributed by atoms with Crippen LogP contribution in [0.1, 0.15) is 32.1 Å². The summed E-state index contributed by atoms with van der Waals surface area (Å²) in [6.07, 6.45) is 9.69. The highest BCUT2D eigenvalue weighted by molar-refractivity contribution is 6.30.